The summed E-state index contributed by atoms with van der Waals surface area (Å²) in [6.45, 7) is 2.05. The Balaban J connectivity index is 1.10. The van der Waals surface area contributed by atoms with E-state index in [1.165, 1.54) is 22.3 Å². The first-order valence-corrected chi connectivity index (χ1v) is 17.1. The fraction of sp³-hybridized carbons (Fsp3) is 0.0213. The van der Waals surface area contributed by atoms with Crippen molar-refractivity contribution in [1.29, 1.82) is 0 Å². The first-order valence-electron chi connectivity index (χ1n) is 17.1. The highest BCUT2D eigenvalue weighted by atomic mass is 14.9. The van der Waals surface area contributed by atoms with Gasteiger partial charge in [0.25, 0.3) is 0 Å². The summed E-state index contributed by atoms with van der Waals surface area (Å²) >= 11 is 0. The zero-order chi connectivity index (χ0) is 34.1. The minimum atomic E-state index is 0.677. The molecule has 0 saturated heterocycles. The van der Waals surface area contributed by atoms with Gasteiger partial charge < -0.3 is 0 Å². The Morgan fingerprint density at radius 3 is 1.47 bits per heavy atom. The topological polar surface area (TPSA) is 51.6 Å². The van der Waals surface area contributed by atoms with Gasteiger partial charge in [-0.25, -0.2) is 15.0 Å². The van der Waals surface area contributed by atoms with Gasteiger partial charge in [0, 0.05) is 38.7 Å². The van der Waals surface area contributed by atoms with Gasteiger partial charge in [-0.3, -0.25) is 4.98 Å². The molecule has 3 heterocycles. The lowest BCUT2D eigenvalue weighted by Gasteiger charge is -2.12. The number of pyridine rings is 2. The molecule has 0 N–H and O–H groups in total. The maximum Gasteiger partial charge on any atom is 0.160 e. The van der Waals surface area contributed by atoms with Crippen molar-refractivity contribution in [2.75, 3.05) is 0 Å². The molecule has 3 aromatic heterocycles. The molecule has 0 saturated carbocycles. The predicted molar refractivity (Wildman–Crippen MR) is 210 cm³/mol. The van der Waals surface area contributed by atoms with Gasteiger partial charge in [-0.05, 0) is 47.4 Å². The van der Waals surface area contributed by atoms with E-state index in [0.29, 0.717) is 5.82 Å². The molecular formula is C47H32N4. The number of nitrogens with zero attached hydrogens (tertiary/aromatic N) is 4. The van der Waals surface area contributed by atoms with Crippen LogP contribution in [0.2, 0.25) is 0 Å². The van der Waals surface area contributed by atoms with Crippen molar-refractivity contribution in [3.8, 4) is 67.4 Å². The highest BCUT2D eigenvalue weighted by Crippen LogP contribution is 2.34. The first-order chi connectivity index (χ1) is 25.2. The van der Waals surface area contributed by atoms with Gasteiger partial charge in [0.05, 0.1) is 28.1 Å². The molecule has 0 spiro atoms. The van der Waals surface area contributed by atoms with Crippen LogP contribution in [0.1, 0.15) is 5.69 Å². The zero-order valence-corrected chi connectivity index (χ0v) is 28.0. The van der Waals surface area contributed by atoms with Crippen LogP contribution < -0.4 is 0 Å². The van der Waals surface area contributed by atoms with Gasteiger partial charge in [-0.2, -0.15) is 0 Å². The maximum atomic E-state index is 5.19. The highest BCUT2D eigenvalue weighted by molar-refractivity contribution is 6.08. The monoisotopic (exact) mass is 652 g/mol. The molecule has 0 aliphatic carbocycles. The molecule has 0 unspecified atom stereocenters. The molecule has 0 radical (unpaired) electrons. The largest absolute Gasteiger partial charge is 0.251 e. The third kappa shape index (κ3) is 5.94. The fourth-order valence-electron chi connectivity index (χ4n) is 6.75. The summed E-state index contributed by atoms with van der Waals surface area (Å²) in [6.07, 6.45) is 0. The van der Waals surface area contributed by atoms with Crippen LogP contribution in [0.5, 0.6) is 0 Å². The average Bonchev–Trinajstić information content (AvgIpc) is 3.21. The maximum absolute atomic E-state index is 5.19. The minimum absolute atomic E-state index is 0.677. The molecule has 0 fully saturated rings. The number of hydrogen-bond acceptors (Lipinski definition) is 4. The number of rotatable bonds is 6. The Hall–Kier alpha value is -6.78. The first kappa shape index (κ1) is 30.3. The van der Waals surface area contributed by atoms with E-state index in [4.69, 9.17) is 19.9 Å². The second-order valence-corrected chi connectivity index (χ2v) is 12.8. The van der Waals surface area contributed by atoms with Crippen molar-refractivity contribution < 1.29 is 0 Å². The van der Waals surface area contributed by atoms with Crippen LogP contribution in [-0.4, -0.2) is 19.9 Å². The van der Waals surface area contributed by atoms with Crippen LogP contribution >= 0.6 is 0 Å². The van der Waals surface area contributed by atoms with Gasteiger partial charge >= 0.3 is 0 Å². The van der Waals surface area contributed by atoms with Gasteiger partial charge in [0.15, 0.2) is 5.82 Å². The Bertz CT molecular complexity index is 2650. The molecule has 6 aromatic carbocycles. The predicted octanol–water partition coefficient (Wildman–Crippen LogP) is 11.9. The van der Waals surface area contributed by atoms with E-state index in [2.05, 4.69) is 146 Å². The SMILES string of the molecule is Cc1cc(-c2ccccc2)c2ccc3ccc(-c4ccc(-c5nc(-c6ccccc6)cc(-c6ccc(-c7ccccc7)cc6)n5)cc4)nc3c2n1. The van der Waals surface area contributed by atoms with Crippen molar-refractivity contribution in [2.24, 2.45) is 0 Å². The number of fused-ring (bicyclic) bond motifs is 3. The average molecular weight is 653 g/mol. The molecule has 0 atom stereocenters. The molecule has 9 aromatic rings. The van der Waals surface area contributed by atoms with Crippen molar-refractivity contribution >= 4 is 21.8 Å². The normalized spacial score (nSPS) is 11.2. The number of benzene rings is 6. The standard InChI is InChI=1S/C47H32N4/c1-31-29-41(34-13-7-3-8-14-34)40-27-25-38-26-28-42(49-45(38)46(40)48-31)36-21-23-39(24-22-36)47-50-43(35-15-9-4-10-16-35)30-44(51-47)37-19-17-33(18-20-37)32-11-5-2-6-12-32/h2-30H,1H3. The Labute approximate surface area is 296 Å². The Kier molecular flexibility index (Phi) is 7.67. The third-order valence-electron chi connectivity index (χ3n) is 9.37. The number of hydrogen-bond donors (Lipinski definition) is 0. The lowest BCUT2D eigenvalue weighted by molar-refractivity contribution is 1.18. The van der Waals surface area contributed by atoms with E-state index in [0.717, 1.165) is 66.8 Å². The van der Waals surface area contributed by atoms with Gasteiger partial charge in [-0.1, -0.05) is 158 Å². The summed E-state index contributed by atoms with van der Waals surface area (Å²) in [5, 5.41) is 2.16. The summed E-state index contributed by atoms with van der Waals surface area (Å²) in [5.41, 5.74) is 14.2. The molecule has 4 heteroatoms. The van der Waals surface area contributed by atoms with Crippen molar-refractivity contribution in [1.82, 2.24) is 19.9 Å². The summed E-state index contributed by atoms with van der Waals surface area (Å²) in [7, 11) is 0. The molecular weight excluding hydrogens is 621 g/mol. The molecule has 0 bridgehead atoms. The second-order valence-electron chi connectivity index (χ2n) is 12.8. The summed E-state index contributed by atoms with van der Waals surface area (Å²) < 4.78 is 0. The Morgan fingerprint density at radius 1 is 0.333 bits per heavy atom. The van der Waals surface area contributed by atoms with Crippen LogP contribution in [0.15, 0.2) is 176 Å². The molecule has 240 valence electrons. The van der Waals surface area contributed by atoms with Gasteiger partial charge in [-0.15, -0.1) is 0 Å². The van der Waals surface area contributed by atoms with Gasteiger partial charge in [0.1, 0.15) is 0 Å². The van der Waals surface area contributed by atoms with Crippen molar-refractivity contribution in [2.45, 2.75) is 6.92 Å². The van der Waals surface area contributed by atoms with Gasteiger partial charge in [0.2, 0.25) is 0 Å². The highest BCUT2D eigenvalue weighted by Gasteiger charge is 2.14. The molecule has 4 nitrogen and oxygen atoms in total. The van der Waals surface area contributed by atoms with Crippen LogP contribution in [0, 0.1) is 6.92 Å². The summed E-state index contributed by atoms with van der Waals surface area (Å²) in [6, 6.07) is 60.9. The van der Waals surface area contributed by atoms with E-state index >= 15 is 0 Å². The fourth-order valence-corrected chi connectivity index (χ4v) is 6.75. The van der Waals surface area contributed by atoms with Crippen molar-refractivity contribution in [3.63, 3.8) is 0 Å². The van der Waals surface area contributed by atoms with Crippen LogP contribution in [0.25, 0.3) is 89.2 Å². The quantitative estimate of drug-likeness (QED) is 0.168. The summed E-state index contributed by atoms with van der Waals surface area (Å²) in [4.78, 5) is 20.3. The second kappa shape index (κ2) is 12.9. The van der Waals surface area contributed by atoms with E-state index in [1.807, 2.05) is 37.3 Å². The molecule has 0 aliphatic rings. The molecule has 9 rings (SSSR count). The minimum Gasteiger partial charge on any atom is -0.251 e. The lowest BCUT2D eigenvalue weighted by atomic mass is 9.98. The smallest absolute Gasteiger partial charge is 0.160 e. The van der Waals surface area contributed by atoms with Crippen LogP contribution in [-0.2, 0) is 0 Å². The molecule has 0 amide bonds. The van der Waals surface area contributed by atoms with E-state index in [-0.39, 0.29) is 0 Å². The third-order valence-corrected chi connectivity index (χ3v) is 9.37. The van der Waals surface area contributed by atoms with Crippen LogP contribution in [0.3, 0.4) is 0 Å². The summed E-state index contributed by atoms with van der Waals surface area (Å²) in [5.74, 6) is 0.677. The number of aryl methyl sites for hydroxylation is 1. The Morgan fingerprint density at radius 2 is 0.824 bits per heavy atom. The number of aromatic nitrogens is 4. The molecule has 51 heavy (non-hydrogen) atoms. The van der Waals surface area contributed by atoms with E-state index in [9.17, 15) is 0 Å². The van der Waals surface area contributed by atoms with E-state index in [1.54, 1.807) is 0 Å². The molecule has 0 aliphatic heterocycles. The van der Waals surface area contributed by atoms with E-state index < -0.39 is 0 Å². The van der Waals surface area contributed by atoms with Crippen molar-refractivity contribution in [3.05, 3.63) is 182 Å². The lowest BCUT2D eigenvalue weighted by Crippen LogP contribution is -1.96. The van der Waals surface area contributed by atoms with Crippen LogP contribution in [0.4, 0.5) is 0 Å². The zero-order valence-electron chi connectivity index (χ0n) is 28.0.